The Bertz CT molecular complexity index is 445. The summed E-state index contributed by atoms with van der Waals surface area (Å²) in [5, 5.41) is 8.91. The van der Waals surface area contributed by atoms with Crippen LogP contribution in [0.4, 0.5) is 0 Å². The van der Waals surface area contributed by atoms with Gasteiger partial charge in [-0.3, -0.25) is 4.79 Å². The average molecular weight is 258 g/mol. The molecule has 0 fully saturated rings. The highest BCUT2D eigenvalue weighted by Crippen LogP contribution is 2.11. The molecular formula is C16H22N2O. The predicted octanol–water partition coefficient (Wildman–Crippen LogP) is 3.15. The van der Waals surface area contributed by atoms with Gasteiger partial charge in [0.1, 0.15) is 5.92 Å². The molecular weight excluding hydrogens is 236 g/mol. The van der Waals surface area contributed by atoms with E-state index in [-0.39, 0.29) is 5.91 Å². The zero-order valence-corrected chi connectivity index (χ0v) is 12.0. The van der Waals surface area contributed by atoms with Crippen LogP contribution in [0.2, 0.25) is 0 Å². The zero-order chi connectivity index (χ0) is 14.3. The second-order valence-electron chi connectivity index (χ2n) is 4.85. The molecule has 0 bridgehead atoms. The van der Waals surface area contributed by atoms with Crippen LogP contribution in [0.15, 0.2) is 24.3 Å². The van der Waals surface area contributed by atoms with Gasteiger partial charge in [0, 0.05) is 13.6 Å². The molecule has 1 aromatic carbocycles. The van der Waals surface area contributed by atoms with Crippen molar-refractivity contribution in [1.29, 1.82) is 5.26 Å². The van der Waals surface area contributed by atoms with Crippen LogP contribution in [-0.4, -0.2) is 17.9 Å². The second kappa shape index (κ2) is 7.58. The van der Waals surface area contributed by atoms with E-state index in [1.807, 2.05) is 6.92 Å². The number of carbonyl (C=O) groups excluding carboxylic acids is 1. The number of nitriles is 1. The summed E-state index contributed by atoms with van der Waals surface area (Å²) in [6.45, 7) is 4.58. The Labute approximate surface area is 115 Å². The van der Waals surface area contributed by atoms with E-state index in [2.05, 4.69) is 37.3 Å². The molecule has 0 radical (unpaired) electrons. The van der Waals surface area contributed by atoms with Crippen molar-refractivity contribution in [3.05, 3.63) is 35.4 Å². The lowest BCUT2D eigenvalue weighted by Gasteiger charge is -2.19. The van der Waals surface area contributed by atoms with E-state index in [9.17, 15) is 4.79 Å². The summed E-state index contributed by atoms with van der Waals surface area (Å²) in [5.41, 5.74) is 2.42. The van der Waals surface area contributed by atoms with Crippen molar-refractivity contribution >= 4 is 5.91 Å². The lowest BCUT2D eigenvalue weighted by molar-refractivity contribution is -0.133. The number of amides is 1. The van der Waals surface area contributed by atoms with Crippen LogP contribution in [0.1, 0.15) is 37.8 Å². The van der Waals surface area contributed by atoms with Crippen molar-refractivity contribution in [2.75, 3.05) is 7.05 Å². The van der Waals surface area contributed by atoms with Crippen LogP contribution in [0, 0.1) is 17.2 Å². The van der Waals surface area contributed by atoms with E-state index < -0.39 is 5.92 Å². The Balaban J connectivity index is 2.64. The first kappa shape index (κ1) is 15.2. The van der Waals surface area contributed by atoms with Crippen LogP contribution in [-0.2, 0) is 17.8 Å². The fraction of sp³-hybridized carbons (Fsp3) is 0.500. The van der Waals surface area contributed by atoms with E-state index in [0.717, 1.165) is 18.4 Å². The monoisotopic (exact) mass is 258 g/mol. The van der Waals surface area contributed by atoms with E-state index in [4.69, 9.17) is 5.26 Å². The molecule has 0 aromatic heterocycles. The molecule has 1 amide bonds. The van der Waals surface area contributed by atoms with Crippen LogP contribution in [0.5, 0.6) is 0 Å². The Morgan fingerprint density at radius 3 is 2.32 bits per heavy atom. The summed E-state index contributed by atoms with van der Waals surface area (Å²) in [4.78, 5) is 13.6. The number of benzene rings is 1. The molecule has 1 aromatic rings. The molecule has 1 atom stereocenters. The van der Waals surface area contributed by atoms with Crippen LogP contribution < -0.4 is 0 Å². The number of hydrogen-bond acceptors (Lipinski definition) is 2. The fourth-order valence-corrected chi connectivity index (χ4v) is 2.04. The first-order valence-electron chi connectivity index (χ1n) is 6.84. The third-order valence-electron chi connectivity index (χ3n) is 3.22. The smallest absolute Gasteiger partial charge is 0.239 e. The molecule has 102 valence electrons. The maximum atomic E-state index is 12.0. The van der Waals surface area contributed by atoms with Gasteiger partial charge < -0.3 is 4.90 Å². The summed E-state index contributed by atoms with van der Waals surface area (Å²) in [6.07, 6.45) is 2.79. The Kier molecular flexibility index (Phi) is 6.08. The lowest BCUT2D eigenvalue weighted by Crippen LogP contribution is -2.31. The highest BCUT2D eigenvalue weighted by atomic mass is 16.2. The van der Waals surface area contributed by atoms with Gasteiger partial charge in [-0.15, -0.1) is 0 Å². The number of hydrogen-bond donors (Lipinski definition) is 0. The molecule has 0 aliphatic heterocycles. The zero-order valence-electron chi connectivity index (χ0n) is 12.0. The minimum absolute atomic E-state index is 0.0948. The Hall–Kier alpha value is -1.82. The highest BCUT2D eigenvalue weighted by Gasteiger charge is 2.19. The molecule has 3 nitrogen and oxygen atoms in total. The van der Waals surface area contributed by atoms with Gasteiger partial charge in [0.2, 0.25) is 5.91 Å². The van der Waals surface area contributed by atoms with E-state index in [1.165, 1.54) is 5.56 Å². The van der Waals surface area contributed by atoms with Gasteiger partial charge >= 0.3 is 0 Å². The molecule has 0 aliphatic carbocycles. The number of rotatable bonds is 6. The van der Waals surface area contributed by atoms with Gasteiger partial charge in [0.25, 0.3) is 0 Å². The van der Waals surface area contributed by atoms with Crippen molar-refractivity contribution in [2.24, 2.45) is 5.92 Å². The molecule has 0 spiro atoms. The van der Waals surface area contributed by atoms with Gasteiger partial charge in [0.05, 0.1) is 6.07 Å². The predicted molar refractivity (Wildman–Crippen MR) is 76.3 cm³/mol. The minimum atomic E-state index is -0.524. The van der Waals surface area contributed by atoms with Gasteiger partial charge in [-0.1, -0.05) is 44.5 Å². The molecule has 3 heteroatoms. The minimum Gasteiger partial charge on any atom is -0.340 e. The third-order valence-corrected chi connectivity index (χ3v) is 3.22. The maximum absolute atomic E-state index is 12.0. The quantitative estimate of drug-likeness (QED) is 0.786. The first-order valence-corrected chi connectivity index (χ1v) is 6.84. The Morgan fingerprint density at radius 1 is 1.26 bits per heavy atom. The largest absolute Gasteiger partial charge is 0.340 e. The molecule has 0 heterocycles. The van der Waals surface area contributed by atoms with Crippen molar-refractivity contribution in [2.45, 2.75) is 39.7 Å². The second-order valence-corrected chi connectivity index (χ2v) is 4.85. The normalized spacial score (nSPS) is 11.7. The van der Waals surface area contributed by atoms with Crippen molar-refractivity contribution < 1.29 is 4.79 Å². The average Bonchev–Trinajstić information content (AvgIpc) is 2.42. The summed E-state index contributed by atoms with van der Waals surface area (Å²) in [5.74, 6) is -0.619. The van der Waals surface area contributed by atoms with Crippen molar-refractivity contribution in [1.82, 2.24) is 4.90 Å². The molecule has 0 N–H and O–H groups in total. The SMILES string of the molecule is CCCc1ccc(CN(C)C(=O)C(C#N)CC)cc1. The van der Waals surface area contributed by atoms with Crippen molar-refractivity contribution in [3.63, 3.8) is 0 Å². The molecule has 19 heavy (non-hydrogen) atoms. The molecule has 0 saturated heterocycles. The molecule has 0 saturated carbocycles. The highest BCUT2D eigenvalue weighted by molar-refractivity contribution is 5.80. The van der Waals surface area contributed by atoms with Crippen LogP contribution >= 0.6 is 0 Å². The fourth-order valence-electron chi connectivity index (χ4n) is 2.04. The van der Waals surface area contributed by atoms with Crippen molar-refractivity contribution in [3.8, 4) is 6.07 Å². The van der Waals surface area contributed by atoms with Gasteiger partial charge in [-0.25, -0.2) is 0 Å². The molecule has 1 unspecified atom stereocenters. The van der Waals surface area contributed by atoms with Gasteiger partial charge in [-0.2, -0.15) is 5.26 Å². The molecule has 0 aliphatic rings. The van der Waals surface area contributed by atoms with E-state index in [0.29, 0.717) is 13.0 Å². The molecule has 1 rings (SSSR count). The van der Waals surface area contributed by atoms with Crippen LogP contribution in [0.3, 0.4) is 0 Å². The number of aryl methyl sites for hydroxylation is 1. The maximum Gasteiger partial charge on any atom is 0.239 e. The van der Waals surface area contributed by atoms with E-state index in [1.54, 1.807) is 11.9 Å². The lowest BCUT2D eigenvalue weighted by atomic mass is 10.1. The summed E-state index contributed by atoms with van der Waals surface area (Å²) >= 11 is 0. The first-order chi connectivity index (χ1) is 9.12. The number of nitrogens with zero attached hydrogens (tertiary/aromatic N) is 2. The number of carbonyl (C=O) groups is 1. The standard InChI is InChI=1S/C16H22N2O/c1-4-6-13-7-9-14(10-8-13)12-18(3)16(19)15(5-2)11-17/h7-10,15H,4-6,12H2,1-3H3. The summed E-state index contributed by atoms with van der Waals surface area (Å²) in [7, 11) is 1.75. The third kappa shape index (κ3) is 4.40. The topological polar surface area (TPSA) is 44.1 Å². The van der Waals surface area contributed by atoms with Gasteiger partial charge in [-0.05, 0) is 24.0 Å². The Morgan fingerprint density at radius 2 is 1.84 bits per heavy atom. The van der Waals surface area contributed by atoms with Crippen LogP contribution in [0.25, 0.3) is 0 Å². The summed E-state index contributed by atoms with van der Waals surface area (Å²) in [6, 6.07) is 10.4. The van der Waals surface area contributed by atoms with E-state index >= 15 is 0 Å². The summed E-state index contributed by atoms with van der Waals surface area (Å²) < 4.78 is 0. The van der Waals surface area contributed by atoms with Gasteiger partial charge in [0.15, 0.2) is 0 Å².